The summed E-state index contributed by atoms with van der Waals surface area (Å²) in [5, 5.41) is 47.3. The number of rotatable bonds is 5. The Bertz CT molecular complexity index is 1280. The first-order chi connectivity index (χ1) is 16.9. The maximum absolute atomic E-state index is 15.5. The molecule has 0 aliphatic heterocycles. The molecule has 36 heavy (non-hydrogen) atoms. The maximum atomic E-state index is 15.5. The van der Waals surface area contributed by atoms with Crippen LogP contribution >= 0.6 is 0 Å². The molecule has 4 aliphatic carbocycles. The zero-order valence-corrected chi connectivity index (χ0v) is 19.8. The van der Waals surface area contributed by atoms with Gasteiger partial charge in [0.05, 0.1) is 11.6 Å². The Morgan fingerprint density at radius 2 is 1.92 bits per heavy atom. The quantitative estimate of drug-likeness (QED) is 0.314. The molecule has 0 saturated heterocycles. The van der Waals surface area contributed by atoms with Crippen LogP contribution < -0.4 is 11.1 Å². The number of fused-ring (bicyclic) bond motifs is 3. The van der Waals surface area contributed by atoms with Gasteiger partial charge in [-0.1, -0.05) is 0 Å². The summed E-state index contributed by atoms with van der Waals surface area (Å²) in [7, 11) is 3.09. The largest absolute Gasteiger partial charge is 0.510 e. The summed E-state index contributed by atoms with van der Waals surface area (Å²) in [6.07, 6.45) is 1.81. The van der Waals surface area contributed by atoms with E-state index in [1.807, 2.05) is 0 Å². The number of benzene rings is 1. The number of phenolic OH excluding ortho intramolecular Hbond substituents is 1. The van der Waals surface area contributed by atoms with E-state index in [1.165, 1.54) is 11.0 Å². The molecule has 1 fully saturated rings. The first kappa shape index (κ1) is 24.4. The van der Waals surface area contributed by atoms with Crippen LogP contribution in [0.1, 0.15) is 40.7 Å². The molecule has 0 unspecified atom stereocenters. The molecule has 0 bridgehead atoms. The number of aliphatic hydroxyl groups is 3. The number of nitrogens with zero attached hydrogens (tertiary/aromatic N) is 1. The molecule has 10 nitrogen and oxygen atoms in total. The van der Waals surface area contributed by atoms with Gasteiger partial charge in [0, 0.05) is 35.2 Å². The van der Waals surface area contributed by atoms with Gasteiger partial charge in [-0.2, -0.15) is 0 Å². The highest BCUT2D eigenvalue weighted by Gasteiger charge is 2.63. The number of nitrogens with two attached hydrogens (primary N) is 1. The number of aliphatic hydroxyl groups excluding tert-OH is 2. The Kier molecular flexibility index (Phi) is 5.51. The summed E-state index contributed by atoms with van der Waals surface area (Å²) in [6, 6.07) is 0.367. The van der Waals surface area contributed by atoms with Crippen molar-refractivity contribution in [3.8, 4) is 5.75 Å². The average molecular weight is 502 g/mol. The van der Waals surface area contributed by atoms with Crippen molar-refractivity contribution < 1.29 is 39.2 Å². The molecule has 0 radical (unpaired) electrons. The number of hydrogen-bond acceptors (Lipinski definition) is 9. The summed E-state index contributed by atoms with van der Waals surface area (Å²) in [6.45, 7) is 0.179. The summed E-state index contributed by atoms with van der Waals surface area (Å²) in [5.41, 5.74) is 1.29. The smallest absolute Gasteiger partial charge is 0.255 e. The SMILES string of the molecule is CN(C)[C@@H]1C(O)=C(C(N)=O)C(=O)[C@@]2(O)C(O)=C3C(=O)c4c(O)cc(CNC5CC5)c(F)c4C[C@H]3C[C@@H]12. The minimum Gasteiger partial charge on any atom is -0.510 e. The number of likely N-dealkylation sites (N-methyl/N-ethyl adjacent to an activating group) is 1. The zero-order chi connectivity index (χ0) is 26.3. The van der Waals surface area contributed by atoms with Gasteiger partial charge in [-0.15, -0.1) is 0 Å². The van der Waals surface area contributed by atoms with Gasteiger partial charge in [-0.3, -0.25) is 19.3 Å². The van der Waals surface area contributed by atoms with Crippen LogP contribution in [0.15, 0.2) is 28.7 Å². The number of aromatic hydroxyl groups is 1. The molecule has 192 valence electrons. The number of ketones is 2. The van der Waals surface area contributed by atoms with Crippen molar-refractivity contribution in [2.45, 2.75) is 49.9 Å². The van der Waals surface area contributed by atoms with Crippen LogP contribution in [0.2, 0.25) is 0 Å². The van der Waals surface area contributed by atoms with Crippen molar-refractivity contribution in [2.75, 3.05) is 14.1 Å². The van der Waals surface area contributed by atoms with Crippen molar-refractivity contribution in [2.24, 2.45) is 17.6 Å². The summed E-state index contributed by atoms with van der Waals surface area (Å²) >= 11 is 0. The van der Waals surface area contributed by atoms with Gasteiger partial charge in [0.25, 0.3) is 5.91 Å². The lowest BCUT2D eigenvalue weighted by Gasteiger charge is -2.50. The highest BCUT2D eigenvalue weighted by Crippen LogP contribution is 2.52. The molecule has 0 spiro atoms. The fourth-order valence-electron chi connectivity index (χ4n) is 6.02. The van der Waals surface area contributed by atoms with E-state index in [0.717, 1.165) is 12.8 Å². The number of primary amides is 1. The summed E-state index contributed by atoms with van der Waals surface area (Å²) in [4.78, 5) is 40.2. The zero-order valence-electron chi connectivity index (χ0n) is 19.8. The summed E-state index contributed by atoms with van der Waals surface area (Å²) in [5.74, 6) is -8.18. The third-order valence-corrected chi connectivity index (χ3v) is 7.89. The molecule has 1 aromatic carbocycles. The van der Waals surface area contributed by atoms with Gasteiger partial charge in [0.2, 0.25) is 5.78 Å². The van der Waals surface area contributed by atoms with Crippen LogP contribution in [0.5, 0.6) is 5.75 Å². The molecule has 1 aromatic rings. The van der Waals surface area contributed by atoms with Crippen LogP contribution in [0.4, 0.5) is 4.39 Å². The van der Waals surface area contributed by atoms with Gasteiger partial charge in [-0.05, 0) is 51.8 Å². The van der Waals surface area contributed by atoms with E-state index in [1.54, 1.807) is 14.1 Å². The Labute approximate surface area is 205 Å². The Balaban J connectivity index is 1.65. The van der Waals surface area contributed by atoms with Crippen LogP contribution in [0.3, 0.4) is 0 Å². The molecule has 0 aromatic heterocycles. The molecule has 0 heterocycles. The minimum atomic E-state index is -2.72. The molecule has 11 heteroatoms. The fourth-order valence-corrected chi connectivity index (χ4v) is 6.02. The van der Waals surface area contributed by atoms with E-state index in [9.17, 15) is 34.8 Å². The van der Waals surface area contributed by atoms with E-state index >= 15 is 4.39 Å². The average Bonchev–Trinajstić information content (AvgIpc) is 3.61. The number of amides is 1. The highest BCUT2D eigenvalue weighted by atomic mass is 19.1. The molecular weight excluding hydrogens is 473 g/mol. The van der Waals surface area contributed by atoms with E-state index in [-0.39, 0.29) is 41.6 Å². The third kappa shape index (κ3) is 3.30. The molecule has 5 rings (SSSR count). The van der Waals surface area contributed by atoms with Gasteiger partial charge in [0.1, 0.15) is 28.7 Å². The second kappa shape index (κ2) is 8.12. The monoisotopic (exact) mass is 501 g/mol. The lowest BCUT2D eigenvalue weighted by atomic mass is 9.58. The number of allylic oxidation sites excluding steroid dienone is 1. The van der Waals surface area contributed by atoms with E-state index in [2.05, 4.69) is 5.32 Å². The van der Waals surface area contributed by atoms with Crippen LogP contribution in [0.25, 0.3) is 0 Å². The normalized spacial score (nSPS) is 29.9. The topological polar surface area (TPSA) is 173 Å². The molecule has 4 atom stereocenters. The second-order valence-corrected chi connectivity index (χ2v) is 10.3. The van der Waals surface area contributed by atoms with Gasteiger partial charge in [-0.25, -0.2) is 4.39 Å². The maximum Gasteiger partial charge on any atom is 0.255 e. The van der Waals surface area contributed by atoms with Gasteiger partial charge in [0.15, 0.2) is 11.4 Å². The number of hydrogen-bond donors (Lipinski definition) is 6. The predicted octanol–water partition coefficient (Wildman–Crippen LogP) is 0.512. The molecule has 1 saturated carbocycles. The van der Waals surface area contributed by atoms with Crippen LogP contribution in [0, 0.1) is 17.7 Å². The molecule has 1 amide bonds. The first-order valence-electron chi connectivity index (χ1n) is 11.8. The number of nitrogens with one attached hydrogen (secondary N) is 1. The fraction of sp³-hybridized carbons (Fsp3) is 0.480. The van der Waals surface area contributed by atoms with Crippen LogP contribution in [-0.2, 0) is 22.6 Å². The van der Waals surface area contributed by atoms with E-state index in [0.29, 0.717) is 6.04 Å². The van der Waals surface area contributed by atoms with Gasteiger partial charge >= 0.3 is 0 Å². The van der Waals surface area contributed by atoms with E-state index in [4.69, 9.17) is 5.73 Å². The third-order valence-electron chi connectivity index (χ3n) is 7.89. The van der Waals surface area contributed by atoms with Crippen molar-refractivity contribution in [3.05, 3.63) is 51.2 Å². The summed E-state index contributed by atoms with van der Waals surface area (Å²) < 4.78 is 15.5. The molecule has 7 N–H and O–H groups in total. The minimum absolute atomic E-state index is 0.000662. The van der Waals surface area contributed by atoms with E-state index < -0.39 is 69.6 Å². The molecule has 4 aliphatic rings. The van der Waals surface area contributed by atoms with Crippen molar-refractivity contribution in [1.29, 1.82) is 0 Å². The second-order valence-electron chi connectivity index (χ2n) is 10.3. The Hall–Kier alpha value is -3.28. The van der Waals surface area contributed by atoms with Crippen molar-refractivity contribution in [3.63, 3.8) is 0 Å². The number of carbonyl (C=O) groups excluding carboxylic acids is 3. The lowest BCUT2D eigenvalue weighted by Crippen LogP contribution is -2.63. The van der Waals surface area contributed by atoms with Crippen molar-refractivity contribution in [1.82, 2.24) is 10.2 Å². The number of Topliss-reactive ketones (excluding diaryl/α,β-unsaturated/α-hetero) is 2. The standard InChI is InChI=1S/C25H28FN3O7/c1-29(2)19-13-6-9-5-12-16(14(30)7-10(18(12)26)8-28-11-3-4-11)20(31)15(9)22(33)25(13,36)23(34)17(21(19)32)24(27)35/h7,9,11,13,19,28,30,32-33,36H,3-6,8H2,1-2H3,(H2,27,35)/t9-,13-,19-,25-/m0/s1. The van der Waals surface area contributed by atoms with Crippen molar-refractivity contribution >= 4 is 17.5 Å². The predicted molar refractivity (Wildman–Crippen MR) is 123 cm³/mol. The Morgan fingerprint density at radius 1 is 1.25 bits per heavy atom. The first-order valence-corrected chi connectivity index (χ1v) is 11.8. The van der Waals surface area contributed by atoms with Crippen LogP contribution in [-0.4, -0.2) is 74.6 Å². The lowest BCUT2D eigenvalue weighted by molar-refractivity contribution is -0.148. The molecular formula is C25H28FN3O7. The number of phenols is 1. The highest BCUT2D eigenvalue weighted by molar-refractivity contribution is 6.24. The Morgan fingerprint density at radius 3 is 2.50 bits per heavy atom. The number of carbonyl (C=O) groups is 3. The number of halogens is 1. The van der Waals surface area contributed by atoms with Gasteiger partial charge < -0.3 is 31.5 Å².